The van der Waals surface area contributed by atoms with Crippen molar-refractivity contribution in [3.63, 3.8) is 0 Å². The van der Waals surface area contributed by atoms with E-state index in [1.165, 1.54) is 6.08 Å². The van der Waals surface area contributed by atoms with E-state index >= 15 is 0 Å². The van der Waals surface area contributed by atoms with Gasteiger partial charge in [0.05, 0.1) is 0 Å². The molecule has 0 saturated heterocycles. The first kappa shape index (κ1) is 5.34. The molecule has 0 atom stereocenters. The molecule has 0 heterocycles. The van der Waals surface area contributed by atoms with Gasteiger partial charge in [0, 0.05) is 6.08 Å². The first-order valence-electron chi connectivity index (χ1n) is 1.59. The first-order chi connectivity index (χ1) is 2.77. The van der Waals surface area contributed by atoms with Gasteiger partial charge >= 0.3 is 6.04 Å². The summed E-state index contributed by atoms with van der Waals surface area (Å²) < 4.78 is 11.0. The molecule has 0 rings (SSSR count). The van der Waals surface area contributed by atoms with Crippen LogP contribution in [-0.2, 0) is 4.79 Å². The molecule has 34 valence electrons. The predicted molar refractivity (Wildman–Crippen MR) is 20.9 cm³/mol. The van der Waals surface area contributed by atoms with Crippen LogP contribution in [0, 0.1) is 0 Å². The van der Waals surface area contributed by atoms with Crippen LogP contribution in [0.25, 0.3) is 0 Å². The third-order valence-corrected chi connectivity index (χ3v) is 0.298. The molecule has 0 amide bonds. The summed E-state index contributed by atoms with van der Waals surface area (Å²) in [6.07, 6.45) is 2.21. The van der Waals surface area contributed by atoms with Crippen LogP contribution in [0.15, 0.2) is 12.2 Å². The third kappa shape index (κ3) is 3.34. The van der Waals surface area contributed by atoms with Crippen molar-refractivity contribution in [2.24, 2.45) is 0 Å². The summed E-state index contributed by atoms with van der Waals surface area (Å²) in [5, 5.41) is 0. The van der Waals surface area contributed by atoms with Gasteiger partial charge in [0.1, 0.15) is 0 Å². The Bertz CT molecular complexity index is 75.6. The minimum Gasteiger partial charge on any atom is -0.256 e. The van der Waals surface area contributed by atoms with Crippen molar-refractivity contribution < 1.29 is 9.18 Å². The molecule has 6 heavy (non-hydrogen) atoms. The number of hydrogen-bond donors (Lipinski definition) is 0. The van der Waals surface area contributed by atoms with Gasteiger partial charge in [0.2, 0.25) is 0 Å². The van der Waals surface area contributed by atoms with Gasteiger partial charge in [-0.2, -0.15) is 4.39 Å². The van der Waals surface area contributed by atoms with Gasteiger partial charge in [-0.15, -0.1) is 0 Å². The van der Waals surface area contributed by atoms with Crippen molar-refractivity contribution >= 4 is 6.04 Å². The van der Waals surface area contributed by atoms with Crippen LogP contribution in [0.1, 0.15) is 6.92 Å². The Labute approximate surface area is 35.5 Å². The van der Waals surface area contributed by atoms with Crippen molar-refractivity contribution in [2.45, 2.75) is 6.92 Å². The van der Waals surface area contributed by atoms with Crippen molar-refractivity contribution in [1.82, 2.24) is 0 Å². The maximum absolute atomic E-state index is 11.0. The second-order valence-electron chi connectivity index (χ2n) is 0.804. The number of hydrogen-bond acceptors (Lipinski definition) is 1. The van der Waals surface area contributed by atoms with Crippen LogP contribution in [0.4, 0.5) is 4.39 Å². The SMILES string of the molecule is CC=CC(=O)F. The fourth-order valence-corrected chi connectivity index (χ4v) is 0.131. The Hall–Kier alpha value is -0.660. The van der Waals surface area contributed by atoms with Crippen LogP contribution < -0.4 is 0 Å². The molecule has 0 aliphatic heterocycles. The highest BCUT2D eigenvalue weighted by Crippen LogP contribution is 1.73. The minimum absolute atomic E-state index is 0.861. The molecular formula is C4H5FO. The lowest BCUT2D eigenvalue weighted by molar-refractivity contribution is -0.124. The van der Waals surface area contributed by atoms with E-state index in [0.717, 1.165) is 6.08 Å². The normalized spacial score (nSPS) is 9.67. The number of allylic oxidation sites excluding steroid dienone is 2. The molecule has 0 aromatic rings. The van der Waals surface area contributed by atoms with E-state index in [0.29, 0.717) is 0 Å². The Kier molecular flexibility index (Phi) is 2.29. The van der Waals surface area contributed by atoms with Crippen LogP contribution in [-0.4, -0.2) is 6.04 Å². The molecule has 0 unspecified atom stereocenters. The Morgan fingerprint density at radius 3 is 2.33 bits per heavy atom. The molecule has 0 fully saturated rings. The highest BCUT2D eigenvalue weighted by Gasteiger charge is 1.79. The third-order valence-electron chi connectivity index (χ3n) is 0.298. The zero-order valence-corrected chi connectivity index (χ0v) is 3.44. The summed E-state index contributed by atoms with van der Waals surface area (Å²) in [4.78, 5) is 9.29. The van der Waals surface area contributed by atoms with Gasteiger partial charge in [-0.1, -0.05) is 6.08 Å². The fraction of sp³-hybridized carbons (Fsp3) is 0.250. The van der Waals surface area contributed by atoms with Crippen molar-refractivity contribution in [1.29, 1.82) is 0 Å². The molecule has 0 radical (unpaired) electrons. The van der Waals surface area contributed by atoms with E-state index in [4.69, 9.17) is 0 Å². The van der Waals surface area contributed by atoms with Gasteiger partial charge in [-0.3, -0.25) is 4.79 Å². The molecule has 0 aliphatic carbocycles. The lowest BCUT2D eigenvalue weighted by Gasteiger charge is -1.63. The van der Waals surface area contributed by atoms with Gasteiger partial charge in [-0.05, 0) is 6.92 Å². The van der Waals surface area contributed by atoms with Crippen molar-refractivity contribution in [3.05, 3.63) is 12.2 Å². The van der Waals surface area contributed by atoms with Gasteiger partial charge < -0.3 is 0 Å². The van der Waals surface area contributed by atoms with Gasteiger partial charge in [0.15, 0.2) is 0 Å². The number of rotatable bonds is 1. The summed E-state index contributed by atoms with van der Waals surface area (Å²) in [5.74, 6) is 0. The Balaban J connectivity index is 3.30. The van der Waals surface area contributed by atoms with E-state index in [9.17, 15) is 9.18 Å². The smallest absolute Gasteiger partial charge is 0.256 e. The first-order valence-corrected chi connectivity index (χ1v) is 1.59. The largest absolute Gasteiger partial charge is 0.324 e. The lowest BCUT2D eigenvalue weighted by atomic mass is 10.6. The molecule has 0 aliphatic rings. The fourth-order valence-electron chi connectivity index (χ4n) is 0.131. The number of carbonyl (C=O) groups is 1. The zero-order chi connectivity index (χ0) is 4.99. The molecule has 0 bridgehead atoms. The maximum Gasteiger partial charge on any atom is 0.324 e. The monoisotopic (exact) mass is 88.0 g/mol. The molecule has 0 spiro atoms. The maximum atomic E-state index is 11.0. The summed E-state index contributed by atoms with van der Waals surface area (Å²) in [6.45, 7) is 1.58. The van der Waals surface area contributed by atoms with E-state index < -0.39 is 6.04 Å². The lowest BCUT2D eigenvalue weighted by Crippen LogP contribution is -1.72. The summed E-state index contributed by atoms with van der Waals surface area (Å²) >= 11 is 0. The molecule has 0 N–H and O–H groups in total. The van der Waals surface area contributed by atoms with E-state index in [1.807, 2.05) is 0 Å². The highest BCUT2D eigenvalue weighted by molar-refractivity contribution is 5.80. The summed E-state index contributed by atoms with van der Waals surface area (Å²) in [5.41, 5.74) is 0. The molecule has 0 aromatic carbocycles. The standard InChI is InChI=1S/C4H5FO/c1-2-3-4(5)6/h2-3H,1H3. The van der Waals surface area contributed by atoms with E-state index in [-0.39, 0.29) is 0 Å². The minimum atomic E-state index is -1.39. The quantitative estimate of drug-likeness (QED) is 0.346. The second kappa shape index (κ2) is 2.57. The van der Waals surface area contributed by atoms with Crippen LogP contribution in [0.5, 0.6) is 0 Å². The van der Waals surface area contributed by atoms with E-state index in [1.54, 1.807) is 6.92 Å². The Morgan fingerprint density at radius 2 is 2.33 bits per heavy atom. The predicted octanol–water partition coefficient (Wildman–Crippen LogP) is 1.06. The Morgan fingerprint density at radius 1 is 1.83 bits per heavy atom. The second-order valence-corrected chi connectivity index (χ2v) is 0.804. The van der Waals surface area contributed by atoms with Gasteiger partial charge in [-0.25, -0.2) is 0 Å². The van der Waals surface area contributed by atoms with E-state index in [2.05, 4.69) is 0 Å². The van der Waals surface area contributed by atoms with Crippen molar-refractivity contribution in [2.75, 3.05) is 0 Å². The molecule has 1 nitrogen and oxygen atoms in total. The van der Waals surface area contributed by atoms with Crippen LogP contribution >= 0.6 is 0 Å². The zero-order valence-electron chi connectivity index (χ0n) is 3.44. The average Bonchev–Trinajstić information content (AvgIpc) is 1.35. The van der Waals surface area contributed by atoms with Gasteiger partial charge in [0.25, 0.3) is 0 Å². The number of halogens is 1. The van der Waals surface area contributed by atoms with Crippen molar-refractivity contribution in [3.8, 4) is 0 Å². The summed E-state index contributed by atoms with van der Waals surface area (Å²) in [6, 6.07) is -1.39. The summed E-state index contributed by atoms with van der Waals surface area (Å²) in [7, 11) is 0. The topological polar surface area (TPSA) is 17.1 Å². The average molecular weight is 88.1 g/mol. The molecular weight excluding hydrogens is 83.0 g/mol. The van der Waals surface area contributed by atoms with Crippen LogP contribution in [0.3, 0.4) is 0 Å². The highest BCUT2D eigenvalue weighted by atomic mass is 19.1. The number of carbonyl (C=O) groups excluding carboxylic acids is 1. The van der Waals surface area contributed by atoms with Crippen LogP contribution in [0.2, 0.25) is 0 Å². The molecule has 0 aromatic heterocycles. The molecule has 2 heteroatoms. The molecule has 0 saturated carbocycles.